The number of nitrogens with one attached hydrogen (secondary N) is 1. The van der Waals surface area contributed by atoms with Gasteiger partial charge in [-0.3, -0.25) is 4.98 Å². The van der Waals surface area contributed by atoms with Crippen LogP contribution in [0.3, 0.4) is 0 Å². The first-order chi connectivity index (χ1) is 9.20. The van der Waals surface area contributed by atoms with Gasteiger partial charge in [0.1, 0.15) is 0 Å². The highest BCUT2D eigenvalue weighted by molar-refractivity contribution is 6.30. The maximum atomic E-state index is 6.17. The number of nitrogens with zero attached hydrogens (tertiary/aromatic N) is 1. The van der Waals surface area contributed by atoms with Gasteiger partial charge in [0.25, 0.3) is 0 Å². The normalized spacial score (nSPS) is 12.4. The quantitative estimate of drug-likeness (QED) is 0.887. The van der Waals surface area contributed by atoms with E-state index >= 15 is 0 Å². The molecule has 0 saturated heterocycles. The largest absolute Gasteiger partial charge is 0.306 e. The number of halogens is 1. The Morgan fingerprint density at radius 2 is 2.11 bits per heavy atom. The molecular formula is C16H19ClN2. The van der Waals surface area contributed by atoms with E-state index in [1.54, 1.807) is 6.20 Å². The molecular weight excluding hydrogens is 256 g/mol. The van der Waals surface area contributed by atoms with Gasteiger partial charge in [-0.2, -0.15) is 0 Å². The summed E-state index contributed by atoms with van der Waals surface area (Å²) >= 11 is 6.17. The van der Waals surface area contributed by atoms with E-state index in [4.69, 9.17) is 11.6 Å². The van der Waals surface area contributed by atoms with Gasteiger partial charge in [0.2, 0.25) is 0 Å². The second kappa shape index (κ2) is 6.69. The number of aryl methyl sites for hydroxylation is 1. The van der Waals surface area contributed by atoms with E-state index < -0.39 is 0 Å². The Labute approximate surface area is 119 Å². The molecule has 0 bridgehead atoms. The Hall–Kier alpha value is -1.38. The molecule has 0 radical (unpaired) electrons. The molecule has 1 atom stereocenters. The van der Waals surface area contributed by atoms with Crippen molar-refractivity contribution in [1.82, 2.24) is 10.3 Å². The van der Waals surface area contributed by atoms with Gasteiger partial charge in [-0.05, 0) is 54.8 Å². The first-order valence-corrected chi connectivity index (χ1v) is 6.99. The van der Waals surface area contributed by atoms with Crippen LogP contribution in [-0.4, -0.2) is 11.5 Å². The van der Waals surface area contributed by atoms with Crippen LogP contribution >= 0.6 is 11.6 Å². The Balaban J connectivity index is 2.36. The molecule has 0 spiro atoms. The molecule has 0 amide bonds. The second-order valence-electron chi connectivity index (χ2n) is 4.74. The maximum Gasteiger partial charge on any atom is 0.0592 e. The van der Waals surface area contributed by atoms with Gasteiger partial charge in [0.15, 0.2) is 0 Å². The number of hydrogen-bond donors (Lipinski definition) is 1. The zero-order chi connectivity index (χ0) is 13.7. The third-order valence-electron chi connectivity index (χ3n) is 3.01. The van der Waals surface area contributed by atoms with Crippen molar-refractivity contribution in [3.05, 3.63) is 64.4 Å². The van der Waals surface area contributed by atoms with Crippen LogP contribution in [0, 0.1) is 6.92 Å². The summed E-state index contributed by atoms with van der Waals surface area (Å²) < 4.78 is 0. The molecule has 0 aliphatic heterocycles. The maximum absolute atomic E-state index is 6.17. The highest BCUT2D eigenvalue weighted by atomic mass is 35.5. The first kappa shape index (κ1) is 14.0. The molecule has 1 N–H and O–H groups in total. The highest BCUT2D eigenvalue weighted by Gasteiger charge is 2.14. The molecule has 2 rings (SSSR count). The summed E-state index contributed by atoms with van der Waals surface area (Å²) in [4.78, 5) is 4.21. The van der Waals surface area contributed by atoms with Gasteiger partial charge < -0.3 is 5.32 Å². The first-order valence-electron chi connectivity index (χ1n) is 6.61. The number of benzene rings is 1. The average molecular weight is 275 g/mol. The van der Waals surface area contributed by atoms with E-state index in [9.17, 15) is 0 Å². The van der Waals surface area contributed by atoms with Gasteiger partial charge in [0, 0.05) is 17.4 Å². The SMILES string of the molecule is CCCNC(c1cccnc1)c1cc(C)cc(Cl)c1. The number of pyridine rings is 1. The molecule has 1 aromatic carbocycles. The van der Waals surface area contributed by atoms with Gasteiger partial charge >= 0.3 is 0 Å². The standard InChI is InChI=1S/C16H19ClN2/c1-3-6-19-16(13-5-4-7-18-11-13)14-8-12(2)9-15(17)10-14/h4-5,7-11,16,19H,3,6H2,1-2H3. The van der Waals surface area contributed by atoms with Crippen LogP contribution in [0.1, 0.15) is 36.1 Å². The molecule has 2 aromatic rings. The van der Waals surface area contributed by atoms with Crippen molar-refractivity contribution >= 4 is 11.6 Å². The molecule has 2 nitrogen and oxygen atoms in total. The van der Waals surface area contributed by atoms with Gasteiger partial charge in [-0.25, -0.2) is 0 Å². The fourth-order valence-electron chi connectivity index (χ4n) is 2.19. The molecule has 1 aromatic heterocycles. The summed E-state index contributed by atoms with van der Waals surface area (Å²) in [5.41, 5.74) is 3.53. The fraction of sp³-hybridized carbons (Fsp3) is 0.312. The van der Waals surface area contributed by atoms with Crippen LogP contribution in [0.4, 0.5) is 0 Å². The minimum atomic E-state index is 0.144. The summed E-state index contributed by atoms with van der Waals surface area (Å²) in [6.45, 7) is 5.19. The monoisotopic (exact) mass is 274 g/mol. The average Bonchev–Trinajstić information content (AvgIpc) is 2.39. The molecule has 1 unspecified atom stereocenters. The second-order valence-corrected chi connectivity index (χ2v) is 5.17. The molecule has 0 aliphatic rings. The topological polar surface area (TPSA) is 24.9 Å². The van der Waals surface area contributed by atoms with E-state index in [1.807, 2.05) is 24.4 Å². The van der Waals surface area contributed by atoms with Crippen molar-refractivity contribution in [1.29, 1.82) is 0 Å². The Kier molecular flexibility index (Phi) is 4.94. The summed E-state index contributed by atoms with van der Waals surface area (Å²) in [5.74, 6) is 0. The van der Waals surface area contributed by atoms with E-state index in [-0.39, 0.29) is 6.04 Å². The number of rotatable bonds is 5. The third kappa shape index (κ3) is 3.79. The molecule has 100 valence electrons. The predicted molar refractivity (Wildman–Crippen MR) is 80.6 cm³/mol. The molecule has 3 heteroatoms. The fourth-order valence-corrected chi connectivity index (χ4v) is 2.49. The third-order valence-corrected chi connectivity index (χ3v) is 3.23. The van der Waals surface area contributed by atoms with Crippen LogP contribution in [-0.2, 0) is 0 Å². The van der Waals surface area contributed by atoms with Gasteiger partial charge in [0.05, 0.1) is 6.04 Å². The summed E-state index contributed by atoms with van der Waals surface area (Å²) in [7, 11) is 0. The Morgan fingerprint density at radius 1 is 1.26 bits per heavy atom. The van der Waals surface area contributed by atoms with Gasteiger partial charge in [-0.1, -0.05) is 30.7 Å². The van der Waals surface area contributed by atoms with Crippen molar-refractivity contribution in [2.75, 3.05) is 6.54 Å². The van der Waals surface area contributed by atoms with Crippen molar-refractivity contribution < 1.29 is 0 Å². The lowest BCUT2D eigenvalue weighted by Gasteiger charge is -2.20. The number of aromatic nitrogens is 1. The predicted octanol–water partition coefficient (Wildman–Crippen LogP) is 4.13. The van der Waals surface area contributed by atoms with Crippen molar-refractivity contribution in [2.45, 2.75) is 26.3 Å². The summed E-state index contributed by atoms with van der Waals surface area (Å²) in [6, 6.07) is 10.4. The van der Waals surface area contributed by atoms with Crippen LogP contribution in [0.2, 0.25) is 5.02 Å². The van der Waals surface area contributed by atoms with Crippen molar-refractivity contribution in [3.8, 4) is 0 Å². The molecule has 1 heterocycles. The van der Waals surface area contributed by atoms with E-state index in [0.717, 1.165) is 23.6 Å². The van der Waals surface area contributed by atoms with Crippen molar-refractivity contribution in [3.63, 3.8) is 0 Å². The highest BCUT2D eigenvalue weighted by Crippen LogP contribution is 2.25. The zero-order valence-electron chi connectivity index (χ0n) is 11.4. The molecule has 0 saturated carbocycles. The van der Waals surface area contributed by atoms with Crippen LogP contribution in [0.5, 0.6) is 0 Å². The van der Waals surface area contributed by atoms with Crippen LogP contribution < -0.4 is 5.32 Å². The Bertz CT molecular complexity index is 505. The van der Waals surface area contributed by atoms with Crippen LogP contribution in [0.15, 0.2) is 42.7 Å². The van der Waals surface area contributed by atoms with Crippen molar-refractivity contribution in [2.24, 2.45) is 0 Å². The summed E-state index contributed by atoms with van der Waals surface area (Å²) in [6.07, 6.45) is 4.80. The number of hydrogen-bond acceptors (Lipinski definition) is 2. The smallest absolute Gasteiger partial charge is 0.0592 e. The molecule has 0 aliphatic carbocycles. The Morgan fingerprint density at radius 3 is 2.74 bits per heavy atom. The molecule has 19 heavy (non-hydrogen) atoms. The van der Waals surface area contributed by atoms with E-state index in [2.05, 4.69) is 36.3 Å². The lowest BCUT2D eigenvalue weighted by atomic mass is 9.98. The van der Waals surface area contributed by atoms with E-state index in [1.165, 1.54) is 11.1 Å². The van der Waals surface area contributed by atoms with Gasteiger partial charge in [-0.15, -0.1) is 0 Å². The lowest BCUT2D eigenvalue weighted by Crippen LogP contribution is -2.23. The zero-order valence-corrected chi connectivity index (χ0v) is 12.1. The lowest BCUT2D eigenvalue weighted by molar-refractivity contribution is 0.597. The minimum Gasteiger partial charge on any atom is -0.306 e. The minimum absolute atomic E-state index is 0.144. The van der Waals surface area contributed by atoms with Crippen LogP contribution in [0.25, 0.3) is 0 Å². The summed E-state index contributed by atoms with van der Waals surface area (Å²) in [5, 5.41) is 4.34. The molecule has 0 fully saturated rings. The van der Waals surface area contributed by atoms with E-state index in [0.29, 0.717) is 0 Å².